The number of nitrogens with zero attached hydrogens (tertiary/aromatic N) is 1. The average molecular weight is 554 g/mol. The van der Waals surface area contributed by atoms with Crippen LogP contribution in [0.3, 0.4) is 0 Å². The zero-order valence-electron chi connectivity index (χ0n) is 23.8. The van der Waals surface area contributed by atoms with Gasteiger partial charge in [-0.1, -0.05) is 109 Å². The van der Waals surface area contributed by atoms with Crippen LogP contribution in [0, 0.1) is 0 Å². The molecule has 1 aliphatic carbocycles. The highest BCUT2D eigenvalue weighted by Crippen LogP contribution is 2.55. The van der Waals surface area contributed by atoms with Crippen LogP contribution in [0.15, 0.2) is 133 Å². The van der Waals surface area contributed by atoms with Crippen LogP contribution >= 0.6 is 0 Å². The lowest BCUT2D eigenvalue weighted by Gasteiger charge is -2.29. The van der Waals surface area contributed by atoms with Crippen molar-refractivity contribution in [2.45, 2.75) is 25.0 Å². The Kier molecular flexibility index (Phi) is 5.45. The van der Waals surface area contributed by atoms with Crippen LogP contribution in [0.1, 0.15) is 52.9 Å². The molecule has 5 aromatic carbocycles. The van der Waals surface area contributed by atoms with E-state index in [0.29, 0.717) is 0 Å². The third-order valence-corrected chi connectivity index (χ3v) is 9.30. The van der Waals surface area contributed by atoms with Crippen molar-refractivity contribution in [3.05, 3.63) is 161 Å². The fourth-order valence-corrected chi connectivity index (χ4v) is 7.29. The first-order valence-corrected chi connectivity index (χ1v) is 15.2. The van der Waals surface area contributed by atoms with Crippen LogP contribution in [0.4, 0.5) is 22.7 Å². The molecule has 3 heteroatoms. The molecule has 0 bridgehead atoms. The molecule has 0 aromatic heterocycles. The summed E-state index contributed by atoms with van der Waals surface area (Å²) in [4.78, 5) is 2.54. The summed E-state index contributed by atoms with van der Waals surface area (Å²) in [6.45, 7) is 0. The number of hydrogen-bond acceptors (Lipinski definition) is 3. The standard InChI is InChI=1S/C40H31N3/c1-5-19-35-26(10-1)22-23-36(41-35)29-13-7-11-27(24-29)28-12-8-14-30(25-28)40-42-37-20-9-18-34-32-16-3-2-15-31(32)33-17-4-6-21-38(33)43(40)39(34)37/h1-2,4-15,17-25,36,40-42H,3,16H2. The first-order valence-electron chi connectivity index (χ1n) is 15.2. The topological polar surface area (TPSA) is 27.3 Å². The van der Waals surface area contributed by atoms with Crippen molar-refractivity contribution in [2.24, 2.45) is 0 Å². The molecule has 0 saturated carbocycles. The Balaban J connectivity index is 1.11. The van der Waals surface area contributed by atoms with E-state index in [1.807, 2.05) is 0 Å². The average Bonchev–Trinajstić information content (AvgIpc) is 3.42. The van der Waals surface area contributed by atoms with Crippen molar-refractivity contribution >= 4 is 40.0 Å². The minimum absolute atomic E-state index is 0.00906. The van der Waals surface area contributed by atoms with Gasteiger partial charge in [-0.3, -0.25) is 0 Å². The first-order chi connectivity index (χ1) is 21.3. The SMILES string of the molecule is C1=CC2=C(CC1)c1cccc3c1N(c1ccccc12)C(c1cccc(-c2cccc(C4C=Cc5ccccc5N4)c2)c1)N3. The highest BCUT2D eigenvalue weighted by atomic mass is 15.3. The fourth-order valence-electron chi connectivity index (χ4n) is 7.29. The van der Waals surface area contributed by atoms with Gasteiger partial charge in [0.05, 0.1) is 23.1 Å². The van der Waals surface area contributed by atoms with Gasteiger partial charge >= 0.3 is 0 Å². The van der Waals surface area contributed by atoms with Crippen molar-refractivity contribution in [3.8, 4) is 11.1 Å². The molecule has 5 aromatic rings. The first kappa shape index (κ1) is 24.3. The Bertz CT molecular complexity index is 2010. The van der Waals surface area contributed by atoms with E-state index >= 15 is 0 Å². The molecule has 2 N–H and O–H groups in total. The Morgan fingerprint density at radius 3 is 2.30 bits per heavy atom. The summed E-state index contributed by atoms with van der Waals surface area (Å²) in [5.41, 5.74) is 16.6. The van der Waals surface area contributed by atoms with Gasteiger partial charge < -0.3 is 15.5 Å². The molecular weight excluding hydrogens is 522 g/mol. The highest BCUT2D eigenvalue weighted by Gasteiger charge is 2.37. The molecule has 3 heterocycles. The third-order valence-electron chi connectivity index (χ3n) is 9.30. The molecule has 0 saturated heterocycles. The normalized spacial score (nSPS) is 19.0. The summed E-state index contributed by atoms with van der Waals surface area (Å²) in [6.07, 6.45) is 11.3. The second-order valence-corrected chi connectivity index (χ2v) is 11.8. The molecule has 206 valence electrons. The van der Waals surface area contributed by atoms with E-state index in [-0.39, 0.29) is 12.2 Å². The van der Waals surface area contributed by atoms with Crippen LogP contribution in [0.5, 0.6) is 0 Å². The number of allylic oxidation sites excluding steroid dienone is 4. The molecule has 0 fully saturated rings. The van der Waals surface area contributed by atoms with Crippen LogP contribution in [0.2, 0.25) is 0 Å². The summed E-state index contributed by atoms with van der Waals surface area (Å²) < 4.78 is 0. The summed E-state index contributed by atoms with van der Waals surface area (Å²) in [5.74, 6) is 0. The molecule has 9 rings (SSSR count). The largest absolute Gasteiger partial charge is 0.374 e. The lowest BCUT2D eigenvalue weighted by Crippen LogP contribution is -2.24. The maximum Gasteiger partial charge on any atom is 0.130 e. The van der Waals surface area contributed by atoms with Gasteiger partial charge in [0.1, 0.15) is 6.17 Å². The van der Waals surface area contributed by atoms with E-state index in [1.54, 1.807) is 0 Å². The van der Waals surface area contributed by atoms with Gasteiger partial charge in [-0.25, -0.2) is 0 Å². The number of rotatable bonds is 3. The fraction of sp³-hybridized carbons (Fsp3) is 0.100. The molecule has 43 heavy (non-hydrogen) atoms. The third kappa shape index (κ3) is 3.89. The minimum Gasteiger partial charge on any atom is -0.374 e. The van der Waals surface area contributed by atoms with E-state index < -0.39 is 0 Å². The molecule has 3 nitrogen and oxygen atoms in total. The Labute approximate surface area is 252 Å². The van der Waals surface area contributed by atoms with Gasteiger partial charge in [0.2, 0.25) is 0 Å². The molecule has 0 amide bonds. The van der Waals surface area contributed by atoms with E-state index in [0.717, 1.165) is 12.8 Å². The van der Waals surface area contributed by atoms with Gasteiger partial charge in [-0.05, 0) is 82.1 Å². The number of anilines is 4. The quantitative estimate of drug-likeness (QED) is 0.233. The molecule has 2 unspecified atom stereocenters. The van der Waals surface area contributed by atoms with Crippen molar-refractivity contribution < 1.29 is 0 Å². The van der Waals surface area contributed by atoms with E-state index in [9.17, 15) is 0 Å². The molecule has 3 aliphatic heterocycles. The zero-order valence-corrected chi connectivity index (χ0v) is 23.8. The van der Waals surface area contributed by atoms with Crippen molar-refractivity contribution in [1.82, 2.24) is 0 Å². The van der Waals surface area contributed by atoms with Crippen molar-refractivity contribution in [2.75, 3.05) is 15.5 Å². The van der Waals surface area contributed by atoms with Crippen LogP contribution in [-0.2, 0) is 0 Å². The Morgan fingerprint density at radius 1 is 0.628 bits per heavy atom. The summed E-state index contributed by atoms with van der Waals surface area (Å²) >= 11 is 0. The molecule has 4 aliphatic rings. The smallest absolute Gasteiger partial charge is 0.130 e. The maximum absolute atomic E-state index is 3.91. The Morgan fingerprint density at radius 2 is 1.37 bits per heavy atom. The lowest BCUT2D eigenvalue weighted by molar-refractivity contribution is 0.827. The highest BCUT2D eigenvalue weighted by molar-refractivity contribution is 6.08. The van der Waals surface area contributed by atoms with Crippen molar-refractivity contribution in [1.29, 1.82) is 0 Å². The molecule has 0 spiro atoms. The zero-order chi connectivity index (χ0) is 28.3. The van der Waals surface area contributed by atoms with Gasteiger partial charge in [-0.15, -0.1) is 0 Å². The second-order valence-electron chi connectivity index (χ2n) is 11.8. The minimum atomic E-state index is -0.00906. The van der Waals surface area contributed by atoms with Crippen LogP contribution in [0.25, 0.3) is 28.3 Å². The van der Waals surface area contributed by atoms with E-state index in [4.69, 9.17) is 0 Å². The second kappa shape index (κ2) is 9.64. The lowest BCUT2D eigenvalue weighted by atomic mass is 9.88. The van der Waals surface area contributed by atoms with Gasteiger partial charge in [-0.2, -0.15) is 0 Å². The monoisotopic (exact) mass is 553 g/mol. The number of nitrogens with one attached hydrogen (secondary N) is 2. The molecule has 2 atom stereocenters. The Hall–Kier alpha value is -5.28. The molecular formula is C40H31N3. The summed E-state index contributed by atoms with van der Waals surface area (Å²) in [5, 5.41) is 7.62. The predicted octanol–water partition coefficient (Wildman–Crippen LogP) is 10.4. The van der Waals surface area contributed by atoms with Crippen LogP contribution in [-0.4, -0.2) is 0 Å². The number of benzene rings is 5. The maximum atomic E-state index is 3.91. The van der Waals surface area contributed by atoms with Crippen molar-refractivity contribution in [3.63, 3.8) is 0 Å². The summed E-state index contributed by atoms with van der Waals surface area (Å²) in [6, 6.07) is 42.3. The van der Waals surface area contributed by atoms with E-state index in [1.165, 1.54) is 72.8 Å². The summed E-state index contributed by atoms with van der Waals surface area (Å²) in [7, 11) is 0. The van der Waals surface area contributed by atoms with Crippen LogP contribution < -0.4 is 15.5 Å². The van der Waals surface area contributed by atoms with Gasteiger partial charge in [0.15, 0.2) is 0 Å². The van der Waals surface area contributed by atoms with E-state index in [2.05, 4.69) is 155 Å². The van der Waals surface area contributed by atoms with Gasteiger partial charge in [0, 0.05) is 16.8 Å². The number of fused-ring (bicyclic) bond motifs is 5. The number of para-hydroxylation sites is 3. The predicted molar refractivity (Wildman–Crippen MR) is 180 cm³/mol. The number of hydrogen-bond donors (Lipinski definition) is 2. The molecule has 0 radical (unpaired) electrons. The van der Waals surface area contributed by atoms with Gasteiger partial charge in [0.25, 0.3) is 0 Å².